The monoisotopic (exact) mass is 566 g/mol. The first-order chi connectivity index (χ1) is 19.1. The summed E-state index contributed by atoms with van der Waals surface area (Å²) in [7, 11) is 0. The molecule has 6 nitrogen and oxygen atoms in total. The minimum Gasteiger partial charge on any atom is -0.345 e. The van der Waals surface area contributed by atoms with E-state index < -0.39 is 0 Å². The van der Waals surface area contributed by atoms with Crippen LogP contribution >= 0.6 is 11.6 Å². The summed E-state index contributed by atoms with van der Waals surface area (Å²) in [5.74, 6) is -0.307. The van der Waals surface area contributed by atoms with Crippen molar-refractivity contribution in [1.82, 2.24) is 19.7 Å². The highest BCUT2D eigenvalue weighted by Crippen LogP contribution is 2.41. The van der Waals surface area contributed by atoms with Crippen molar-refractivity contribution >= 4 is 28.3 Å². The average molecular weight is 567 g/mol. The second-order valence-corrected chi connectivity index (χ2v) is 12.6. The molecule has 0 bridgehead atoms. The quantitative estimate of drug-likeness (QED) is 0.363. The summed E-state index contributed by atoms with van der Waals surface area (Å²) in [5, 5.41) is 4.54. The largest absolute Gasteiger partial charge is 0.345 e. The van der Waals surface area contributed by atoms with Crippen LogP contribution in [0.15, 0.2) is 47.3 Å². The van der Waals surface area contributed by atoms with Crippen LogP contribution in [0.4, 0.5) is 4.39 Å². The highest BCUT2D eigenvalue weighted by atomic mass is 35.5. The van der Waals surface area contributed by atoms with Crippen molar-refractivity contribution in [3.8, 4) is 0 Å². The molecule has 0 spiro atoms. The topological polar surface area (TPSA) is 57.6 Å². The number of halogens is 2. The van der Waals surface area contributed by atoms with Gasteiger partial charge in [-0.2, -0.15) is 0 Å². The van der Waals surface area contributed by atoms with Gasteiger partial charge in [0.05, 0.1) is 22.0 Å². The first kappa shape index (κ1) is 28.8. The van der Waals surface area contributed by atoms with Crippen LogP contribution in [0.25, 0.3) is 10.8 Å². The summed E-state index contributed by atoms with van der Waals surface area (Å²) in [4.78, 5) is 32.9. The summed E-state index contributed by atoms with van der Waals surface area (Å²) in [6.45, 7) is 13.2. The molecule has 3 aromatic rings. The lowest BCUT2D eigenvalue weighted by Gasteiger charge is -2.42. The van der Waals surface area contributed by atoms with Crippen LogP contribution in [0.2, 0.25) is 5.02 Å². The van der Waals surface area contributed by atoms with Gasteiger partial charge in [0.25, 0.3) is 11.5 Å². The number of hydrogen-bond acceptors (Lipinski definition) is 4. The van der Waals surface area contributed by atoms with E-state index in [4.69, 9.17) is 11.6 Å². The van der Waals surface area contributed by atoms with Crippen LogP contribution in [-0.2, 0) is 13.1 Å². The molecule has 5 rings (SSSR count). The number of nitrogens with zero attached hydrogens (tertiary/aromatic N) is 3. The zero-order chi connectivity index (χ0) is 28.6. The van der Waals surface area contributed by atoms with E-state index in [9.17, 15) is 14.0 Å². The molecule has 1 aliphatic heterocycles. The third-order valence-electron chi connectivity index (χ3n) is 8.31. The van der Waals surface area contributed by atoms with Gasteiger partial charge in [0, 0.05) is 55.9 Å². The van der Waals surface area contributed by atoms with Gasteiger partial charge in [0.2, 0.25) is 0 Å². The van der Waals surface area contributed by atoms with Crippen molar-refractivity contribution in [2.24, 2.45) is 5.92 Å². The second-order valence-electron chi connectivity index (χ2n) is 12.2. The molecule has 2 heterocycles. The van der Waals surface area contributed by atoms with E-state index in [-0.39, 0.29) is 34.8 Å². The van der Waals surface area contributed by atoms with E-state index in [1.165, 1.54) is 12.1 Å². The van der Waals surface area contributed by atoms with Crippen LogP contribution in [0.3, 0.4) is 0 Å². The number of piperazine rings is 1. The molecule has 1 N–H and O–H groups in total. The fraction of sp³-hybridized carbons (Fsp3) is 0.500. The van der Waals surface area contributed by atoms with Gasteiger partial charge in [0.1, 0.15) is 5.82 Å². The smallest absolute Gasteiger partial charge is 0.260 e. The predicted octanol–water partition coefficient (Wildman–Crippen LogP) is 6.00. The molecule has 40 heavy (non-hydrogen) atoms. The molecule has 1 saturated carbocycles. The number of fused-ring (bicyclic) bond motifs is 1. The van der Waals surface area contributed by atoms with E-state index in [0.717, 1.165) is 56.7 Å². The molecular weight excluding hydrogens is 527 g/mol. The van der Waals surface area contributed by atoms with Crippen molar-refractivity contribution in [2.45, 2.75) is 71.6 Å². The molecule has 1 aromatic heterocycles. The highest BCUT2D eigenvalue weighted by molar-refractivity contribution is 6.36. The third-order valence-corrected chi connectivity index (χ3v) is 8.63. The Bertz CT molecular complexity index is 1450. The Hall–Kier alpha value is -2.74. The Morgan fingerprint density at radius 1 is 1.10 bits per heavy atom. The van der Waals surface area contributed by atoms with Crippen molar-refractivity contribution < 1.29 is 9.18 Å². The van der Waals surface area contributed by atoms with Gasteiger partial charge >= 0.3 is 0 Å². The number of hydrogen-bond donors (Lipinski definition) is 1. The number of benzene rings is 2. The van der Waals surface area contributed by atoms with E-state index >= 15 is 0 Å². The molecule has 2 fully saturated rings. The summed E-state index contributed by atoms with van der Waals surface area (Å²) in [6, 6.07) is 11.5. The van der Waals surface area contributed by atoms with Crippen LogP contribution in [0.1, 0.15) is 74.6 Å². The molecule has 2 aliphatic rings. The molecule has 1 saturated heterocycles. The maximum Gasteiger partial charge on any atom is 0.260 e. The van der Waals surface area contributed by atoms with E-state index in [1.54, 1.807) is 22.8 Å². The molecule has 1 aliphatic carbocycles. The molecule has 2 aromatic carbocycles. The van der Waals surface area contributed by atoms with Gasteiger partial charge in [-0.3, -0.25) is 19.4 Å². The average Bonchev–Trinajstić information content (AvgIpc) is 3.75. The molecule has 214 valence electrons. The summed E-state index contributed by atoms with van der Waals surface area (Å²) >= 11 is 6.59. The number of amides is 1. The number of aromatic nitrogens is 1. The van der Waals surface area contributed by atoms with Gasteiger partial charge in [0.15, 0.2) is 0 Å². The third kappa shape index (κ3) is 5.97. The van der Waals surface area contributed by atoms with E-state index in [2.05, 4.69) is 35.9 Å². The number of carbonyl (C=O) groups excluding carboxylic acids is 1. The van der Waals surface area contributed by atoms with Gasteiger partial charge in [-0.15, -0.1) is 0 Å². The first-order valence-electron chi connectivity index (χ1n) is 14.5. The van der Waals surface area contributed by atoms with Gasteiger partial charge in [-0.1, -0.05) is 42.8 Å². The lowest BCUT2D eigenvalue weighted by atomic mass is 9.98. The van der Waals surface area contributed by atoms with Gasteiger partial charge in [-0.25, -0.2) is 4.39 Å². The lowest BCUT2D eigenvalue weighted by molar-refractivity contribution is 0.0577. The Kier molecular flexibility index (Phi) is 8.37. The minimum absolute atomic E-state index is 0.0931. The highest BCUT2D eigenvalue weighted by Gasteiger charge is 2.35. The first-order valence-corrected chi connectivity index (χ1v) is 14.8. The molecule has 1 amide bonds. The minimum atomic E-state index is -0.318. The molecule has 0 radical (unpaired) electrons. The van der Waals surface area contributed by atoms with Crippen LogP contribution < -0.4 is 10.9 Å². The normalized spacial score (nSPS) is 17.8. The molecular formula is C32H40ClFN4O2. The van der Waals surface area contributed by atoms with Gasteiger partial charge < -0.3 is 9.88 Å². The Morgan fingerprint density at radius 2 is 1.80 bits per heavy atom. The number of carbonyl (C=O) groups is 1. The zero-order valence-corrected chi connectivity index (χ0v) is 24.7. The Labute approximate surface area is 241 Å². The fourth-order valence-corrected chi connectivity index (χ4v) is 6.24. The zero-order valence-electron chi connectivity index (χ0n) is 24.0. The van der Waals surface area contributed by atoms with Crippen molar-refractivity contribution in [2.75, 3.05) is 26.2 Å². The Balaban J connectivity index is 1.58. The van der Waals surface area contributed by atoms with E-state index in [0.29, 0.717) is 34.4 Å². The summed E-state index contributed by atoms with van der Waals surface area (Å²) in [5.41, 5.74) is 1.91. The van der Waals surface area contributed by atoms with Gasteiger partial charge in [-0.05, 0) is 69.7 Å². The number of rotatable bonds is 8. The maximum atomic E-state index is 14.3. The standard InChI is InChI=1S/C32H40ClFN4O2/c1-5-14-38-26(20-36-15-17-37(18-16-36)32(2,3)4)28(24-10-7-11-25(33)27(24)31(38)40)30(39)35-29(21-12-13-21)22-8-6-9-23(34)19-22/h6-11,19,21,29H,5,12-18,20H2,1-4H3,(H,35,39). The van der Waals surface area contributed by atoms with Crippen molar-refractivity contribution in [1.29, 1.82) is 0 Å². The van der Waals surface area contributed by atoms with E-state index in [1.807, 2.05) is 19.1 Å². The lowest BCUT2D eigenvalue weighted by Crippen LogP contribution is -2.53. The number of pyridine rings is 1. The van der Waals surface area contributed by atoms with Crippen molar-refractivity contribution in [3.63, 3.8) is 0 Å². The maximum absolute atomic E-state index is 14.3. The molecule has 1 unspecified atom stereocenters. The van der Waals surface area contributed by atoms with Crippen LogP contribution in [-0.4, -0.2) is 52.0 Å². The van der Waals surface area contributed by atoms with Crippen LogP contribution in [0, 0.1) is 11.7 Å². The summed E-state index contributed by atoms with van der Waals surface area (Å²) in [6.07, 6.45) is 2.71. The Morgan fingerprint density at radius 3 is 2.42 bits per heavy atom. The summed E-state index contributed by atoms with van der Waals surface area (Å²) < 4.78 is 15.9. The molecule has 1 atom stereocenters. The van der Waals surface area contributed by atoms with Crippen molar-refractivity contribution in [3.05, 3.63) is 80.5 Å². The fourth-order valence-electron chi connectivity index (χ4n) is 5.98. The number of nitrogens with one attached hydrogen (secondary N) is 1. The predicted molar refractivity (Wildman–Crippen MR) is 159 cm³/mol. The molecule has 8 heteroatoms. The van der Waals surface area contributed by atoms with Crippen LogP contribution in [0.5, 0.6) is 0 Å². The second kappa shape index (κ2) is 11.6. The SMILES string of the molecule is CCCn1c(CN2CCN(C(C)(C)C)CC2)c(C(=O)NC(c2cccc(F)c2)C2CC2)c2cccc(Cl)c2c1=O.